The van der Waals surface area contributed by atoms with Gasteiger partial charge in [-0.25, -0.2) is 4.98 Å². The molecule has 0 unspecified atom stereocenters. The van der Waals surface area contributed by atoms with Crippen LogP contribution in [0.4, 0.5) is 5.82 Å². The number of nitrogens with two attached hydrogens (primary N) is 1. The van der Waals surface area contributed by atoms with Crippen LogP contribution in [0.25, 0.3) is 5.65 Å². The molecule has 2 rings (SSSR count). The Hall–Kier alpha value is -1.51. The van der Waals surface area contributed by atoms with E-state index in [1.807, 2.05) is 6.07 Å². The second kappa shape index (κ2) is 5.89. The zero-order chi connectivity index (χ0) is 13.0. The highest BCUT2D eigenvalue weighted by atomic mass is 15.1. The van der Waals surface area contributed by atoms with Crippen LogP contribution in [0.3, 0.4) is 0 Å². The number of anilines is 1. The maximum absolute atomic E-state index is 6.07. The van der Waals surface area contributed by atoms with Gasteiger partial charge in [0.05, 0.1) is 5.69 Å². The Kier molecular flexibility index (Phi) is 4.24. The van der Waals surface area contributed by atoms with Crippen LogP contribution in [0.1, 0.15) is 50.9 Å². The fourth-order valence-electron chi connectivity index (χ4n) is 2.48. The summed E-state index contributed by atoms with van der Waals surface area (Å²) in [6, 6.07) is 6.29. The SMILES string of the molecule is CCCCCc1c(N)nc2cccc(CCC)n12. The van der Waals surface area contributed by atoms with Crippen molar-refractivity contribution in [3.05, 3.63) is 29.6 Å². The molecule has 3 heteroatoms. The van der Waals surface area contributed by atoms with Crippen LogP contribution in [-0.2, 0) is 12.8 Å². The molecule has 0 amide bonds. The van der Waals surface area contributed by atoms with Crippen LogP contribution in [0.15, 0.2) is 18.2 Å². The lowest BCUT2D eigenvalue weighted by Gasteiger charge is -2.08. The van der Waals surface area contributed by atoms with Gasteiger partial charge in [-0.1, -0.05) is 39.2 Å². The molecule has 2 aromatic heterocycles. The van der Waals surface area contributed by atoms with Crippen molar-refractivity contribution in [3.8, 4) is 0 Å². The van der Waals surface area contributed by atoms with Gasteiger partial charge >= 0.3 is 0 Å². The molecule has 0 radical (unpaired) electrons. The summed E-state index contributed by atoms with van der Waals surface area (Å²) >= 11 is 0. The third-order valence-electron chi connectivity index (χ3n) is 3.37. The molecule has 3 nitrogen and oxygen atoms in total. The van der Waals surface area contributed by atoms with Crippen LogP contribution >= 0.6 is 0 Å². The van der Waals surface area contributed by atoms with E-state index in [-0.39, 0.29) is 0 Å². The third kappa shape index (κ3) is 2.50. The van der Waals surface area contributed by atoms with Crippen LogP contribution in [0.2, 0.25) is 0 Å². The van der Waals surface area contributed by atoms with Crippen molar-refractivity contribution in [3.63, 3.8) is 0 Å². The van der Waals surface area contributed by atoms with E-state index in [1.165, 1.54) is 30.7 Å². The highest BCUT2D eigenvalue weighted by molar-refractivity contribution is 5.53. The van der Waals surface area contributed by atoms with Gasteiger partial charge in [-0.15, -0.1) is 0 Å². The van der Waals surface area contributed by atoms with Crippen LogP contribution in [-0.4, -0.2) is 9.38 Å². The molecule has 98 valence electrons. The van der Waals surface area contributed by atoms with Gasteiger partial charge in [-0.3, -0.25) is 4.40 Å². The number of aryl methyl sites for hydroxylation is 2. The van der Waals surface area contributed by atoms with Crippen molar-refractivity contribution in [1.82, 2.24) is 9.38 Å². The molecule has 0 bridgehead atoms. The average molecular weight is 245 g/mol. The van der Waals surface area contributed by atoms with Crippen molar-refractivity contribution in [2.75, 3.05) is 5.73 Å². The summed E-state index contributed by atoms with van der Waals surface area (Å²) in [4.78, 5) is 4.48. The zero-order valence-corrected chi connectivity index (χ0v) is 11.4. The number of fused-ring (bicyclic) bond motifs is 1. The Morgan fingerprint density at radius 1 is 1.11 bits per heavy atom. The molecular formula is C15H23N3. The summed E-state index contributed by atoms with van der Waals surface area (Å²) < 4.78 is 2.26. The van der Waals surface area contributed by atoms with E-state index in [9.17, 15) is 0 Å². The number of aromatic nitrogens is 2. The maximum atomic E-state index is 6.07. The lowest BCUT2D eigenvalue weighted by molar-refractivity contribution is 0.699. The number of nitrogens with zero attached hydrogens (tertiary/aromatic N) is 2. The molecule has 0 saturated heterocycles. The first-order chi connectivity index (χ1) is 8.77. The van der Waals surface area contributed by atoms with Crippen LogP contribution in [0, 0.1) is 0 Å². The van der Waals surface area contributed by atoms with Gasteiger partial charge in [0, 0.05) is 5.69 Å². The third-order valence-corrected chi connectivity index (χ3v) is 3.37. The van der Waals surface area contributed by atoms with Gasteiger partial charge in [0.25, 0.3) is 0 Å². The number of hydrogen-bond acceptors (Lipinski definition) is 2. The Labute approximate surface area is 109 Å². The summed E-state index contributed by atoms with van der Waals surface area (Å²) in [5.41, 5.74) is 9.58. The minimum absolute atomic E-state index is 0.703. The van der Waals surface area contributed by atoms with Gasteiger partial charge < -0.3 is 5.73 Å². The minimum Gasteiger partial charge on any atom is -0.382 e. The zero-order valence-electron chi connectivity index (χ0n) is 11.4. The summed E-state index contributed by atoms with van der Waals surface area (Å²) in [7, 11) is 0. The summed E-state index contributed by atoms with van der Waals surface area (Å²) in [6.45, 7) is 4.43. The molecule has 0 atom stereocenters. The van der Waals surface area contributed by atoms with E-state index in [2.05, 4.69) is 35.4 Å². The molecule has 0 aliphatic heterocycles. The number of rotatable bonds is 6. The summed E-state index contributed by atoms with van der Waals surface area (Å²) in [5.74, 6) is 0.703. The van der Waals surface area contributed by atoms with Crippen molar-refractivity contribution < 1.29 is 0 Å². The molecule has 0 aliphatic rings. The number of pyridine rings is 1. The van der Waals surface area contributed by atoms with E-state index in [0.29, 0.717) is 5.82 Å². The van der Waals surface area contributed by atoms with Crippen LogP contribution in [0.5, 0.6) is 0 Å². The van der Waals surface area contributed by atoms with E-state index in [1.54, 1.807) is 0 Å². The number of hydrogen-bond donors (Lipinski definition) is 1. The highest BCUT2D eigenvalue weighted by Crippen LogP contribution is 2.20. The second-order valence-electron chi connectivity index (χ2n) is 4.86. The molecule has 18 heavy (non-hydrogen) atoms. The van der Waals surface area contributed by atoms with E-state index in [0.717, 1.165) is 24.9 Å². The van der Waals surface area contributed by atoms with Crippen molar-refractivity contribution >= 4 is 11.5 Å². The Morgan fingerprint density at radius 3 is 2.67 bits per heavy atom. The molecule has 2 aromatic rings. The van der Waals surface area contributed by atoms with Crippen molar-refractivity contribution in [1.29, 1.82) is 0 Å². The normalized spacial score (nSPS) is 11.2. The molecular weight excluding hydrogens is 222 g/mol. The molecule has 0 saturated carbocycles. The van der Waals surface area contributed by atoms with Gasteiger partial charge in [0.1, 0.15) is 11.5 Å². The predicted octanol–water partition coefficient (Wildman–Crippen LogP) is 3.60. The lowest BCUT2D eigenvalue weighted by Crippen LogP contribution is -2.02. The first-order valence-electron chi connectivity index (χ1n) is 7.02. The monoisotopic (exact) mass is 245 g/mol. The first kappa shape index (κ1) is 12.9. The molecule has 0 aromatic carbocycles. The van der Waals surface area contributed by atoms with E-state index >= 15 is 0 Å². The smallest absolute Gasteiger partial charge is 0.145 e. The Morgan fingerprint density at radius 2 is 1.94 bits per heavy atom. The fourth-order valence-corrected chi connectivity index (χ4v) is 2.48. The first-order valence-corrected chi connectivity index (χ1v) is 7.02. The van der Waals surface area contributed by atoms with E-state index in [4.69, 9.17) is 5.73 Å². The average Bonchev–Trinajstić information content (AvgIpc) is 2.68. The molecule has 2 heterocycles. The number of imidazole rings is 1. The summed E-state index contributed by atoms with van der Waals surface area (Å²) in [5, 5.41) is 0. The quantitative estimate of drug-likeness (QED) is 0.790. The maximum Gasteiger partial charge on any atom is 0.145 e. The largest absolute Gasteiger partial charge is 0.382 e. The molecule has 0 spiro atoms. The standard InChI is InChI=1S/C15H23N3/c1-3-5-6-10-13-15(16)17-14-11-7-9-12(8-4-2)18(13)14/h7,9,11H,3-6,8,10,16H2,1-2H3. The van der Waals surface area contributed by atoms with Gasteiger partial charge in [0.15, 0.2) is 0 Å². The molecule has 0 aliphatic carbocycles. The van der Waals surface area contributed by atoms with Gasteiger partial charge in [0.2, 0.25) is 0 Å². The fraction of sp³-hybridized carbons (Fsp3) is 0.533. The highest BCUT2D eigenvalue weighted by Gasteiger charge is 2.11. The molecule has 0 fully saturated rings. The van der Waals surface area contributed by atoms with E-state index < -0.39 is 0 Å². The number of unbranched alkanes of at least 4 members (excludes halogenated alkanes) is 2. The topological polar surface area (TPSA) is 43.3 Å². The predicted molar refractivity (Wildman–Crippen MR) is 76.8 cm³/mol. The summed E-state index contributed by atoms with van der Waals surface area (Å²) in [6.07, 6.45) is 6.93. The lowest BCUT2D eigenvalue weighted by atomic mass is 10.1. The Bertz CT molecular complexity index is 514. The number of nitrogen functional groups attached to an aromatic ring is 1. The van der Waals surface area contributed by atoms with Gasteiger partial charge in [-0.2, -0.15) is 0 Å². The van der Waals surface area contributed by atoms with Crippen molar-refractivity contribution in [2.24, 2.45) is 0 Å². The van der Waals surface area contributed by atoms with Crippen LogP contribution < -0.4 is 5.73 Å². The second-order valence-corrected chi connectivity index (χ2v) is 4.86. The van der Waals surface area contributed by atoms with Gasteiger partial charge in [-0.05, 0) is 31.4 Å². The molecule has 2 N–H and O–H groups in total. The minimum atomic E-state index is 0.703. The van der Waals surface area contributed by atoms with Crippen molar-refractivity contribution in [2.45, 2.75) is 52.4 Å². The Balaban J connectivity index is 2.39.